The van der Waals surface area contributed by atoms with Crippen molar-refractivity contribution in [3.63, 3.8) is 0 Å². The predicted octanol–water partition coefficient (Wildman–Crippen LogP) is 8.74. The average Bonchev–Trinajstić information content (AvgIpc) is 3.70. The van der Waals surface area contributed by atoms with Gasteiger partial charge >= 0.3 is 0 Å². The van der Waals surface area contributed by atoms with E-state index < -0.39 is 11.8 Å². The van der Waals surface area contributed by atoms with Gasteiger partial charge in [-0.2, -0.15) is 0 Å². The van der Waals surface area contributed by atoms with Crippen LogP contribution in [0.5, 0.6) is 0 Å². The van der Waals surface area contributed by atoms with Crippen molar-refractivity contribution in [1.82, 2.24) is 9.97 Å². The zero-order valence-corrected chi connectivity index (χ0v) is 23.7. The number of carbonyl (C=O) groups excluding carboxylic acids is 2. The molecule has 0 bridgehead atoms. The molecule has 2 aromatic heterocycles. The molecule has 0 saturated carbocycles. The van der Waals surface area contributed by atoms with E-state index in [1.807, 2.05) is 47.2 Å². The van der Waals surface area contributed by atoms with Crippen LogP contribution in [0.1, 0.15) is 20.7 Å². The van der Waals surface area contributed by atoms with E-state index in [0.717, 1.165) is 44.1 Å². The molecule has 0 radical (unpaired) electrons. The number of benzene rings is 5. The van der Waals surface area contributed by atoms with Crippen molar-refractivity contribution in [2.75, 3.05) is 10.6 Å². The number of nitrogens with zero attached hydrogens (tertiary/aromatic N) is 2. The molecule has 5 aromatic carbocycles. The number of anilines is 2. The predicted molar refractivity (Wildman–Crippen MR) is 172 cm³/mol. The monoisotopic (exact) mass is 582 g/mol. The van der Waals surface area contributed by atoms with E-state index in [-0.39, 0.29) is 11.1 Å². The van der Waals surface area contributed by atoms with Crippen LogP contribution in [0, 0.1) is 0 Å². The molecule has 2 N–H and O–H groups in total. The van der Waals surface area contributed by atoms with E-state index in [0.29, 0.717) is 10.3 Å². The van der Waals surface area contributed by atoms with Crippen LogP contribution in [0.4, 0.5) is 10.3 Å². The summed E-state index contributed by atoms with van der Waals surface area (Å²) in [6.45, 7) is 0. The zero-order valence-electron chi connectivity index (χ0n) is 22.1. The highest BCUT2D eigenvalue weighted by Gasteiger charge is 2.19. The first-order valence-electron chi connectivity index (χ1n) is 13.2. The molecule has 0 saturated heterocycles. The van der Waals surface area contributed by atoms with Gasteiger partial charge in [0.2, 0.25) is 0 Å². The summed E-state index contributed by atoms with van der Waals surface area (Å²) in [5, 5.41) is 15.0. The summed E-state index contributed by atoms with van der Waals surface area (Å²) in [4.78, 5) is 35.8. The first-order valence-corrected chi connectivity index (χ1v) is 15.0. The van der Waals surface area contributed by atoms with Crippen LogP contribution >= 0.6 is 22.7 Å². The summed E-state index contributed by atoms with van der Waals surface area (Å²) in [7, 11) is 0. The highest BCUT2D eigenvalue weighted by molar-refractivity contribution is 7.14. The quantitative estimate of drug-likeness (QED) is 0.205. The standard InChI is InChI=1S/C34H22N4O2S2/c39-31(37-33-35-29(19-41-33)25-15-13-21-7-1-3-9-23(21)17-25)27-11-5-6-12-28(27)32(40)38-34-36-30(20-42-34)26-16-14-22-8-2-4-10-24(22)18-26/h1-20H,(H,35,37,39)(H,36,38,40). The third-order valence-corrected chi connectivity index (χ3v) is 8.47. The maximum atomic E-state index is 13.3. The smallest absolute Gasteiger partial charge is 0.258 e. The molecular weight excluding hydrogens is 561 g/mol. The summed E-state index contributed by atoms with van der Waals surface area (Å²) in [6.07, 6.45) is 0. The number of hydrogen-bond acceptors (Lipinski definition) is 6. The summed E-state index contributed by atoms with van der Waals surface area (Å²) < 4.78 is 0. The minimum atomic E-state index is -0.406. The van der Waals surface area contributed by atoms with Gasteiger partial charge in [0.1, 0.15) is 0 Å². The molecule has 7 rings (SSSR count). The number of carbonyl (C=O) groups is 2. The van der Waals surface area contributed by atoms with Gasteiger partial charge in [-0.25, -0.2) is 9.97 Å². The normalized spacial score (nSPS) is 11.0. The molecule has 0 aliphatic rings. The number of rotatable bonds is 6. The second-order valence-electron chi connectivity index (χ2n) is 9.65. The van der Waals surface area contributed by atoms with Crippen molar-refractivity contribution in [3.05, 3.63) is 131 Å². The van der Waals surface area contributed by atoms with Gasteiger partial charge in [-0.15, -0.1) is 22.7 Å². The number of amides is 2. The fourth-order valence-corrected chi connectivity index (χ4v) is 6.26. The fraction of sp³-hybridized carbons (Fsp3) is 0. The maximum absolute atomic E-state index is 13.3. The SMILES string of the molecule is O=C(Nc1nc(-c2ccc3ccccc3c2)cs1)c1ccccc1C(=O)Nc1nc(-c2ccc3ccccc3c2)cs1. The third-order valence-electron chi connectivity index (χ3n) is 6.96. The third kappa shape index (κ3) is 5.16. The molecule has 0 aliphatic carbocycles. The lowest BCUT2D eigenvalue weighted by Gasteiger charge is -2.08. The van der Waals surface area contributed by atoms with Crippen LogP contribution in [0.15, 0.2) is 120 Å². The van der Waals surface area contributed by atoms with Crippen LogP contribution in [0.2, 0.25) is 0 Å². The Balaban J connectivity index is 1.07. The van der Waals surface area contributed by atoms with Crippen molar-refractivity contribution >= 4 is 66.3 Å². The molecule has 42 heavy (non-hydrogen) atoms. The van der Waals surface area contributed by atoms with Gasteiger partial charge in [0.05, 0.1) is 22.5 Å². The Kier molecular flexibility index (Phi) is 6.75. The number of nitrogens with one attached hydrogen (secondary N) is 2. The first-order chi connectivity index (χ1) is 20.6. The topological polar surface area (TPSA) is 84.0 Å². The van der Waals surface area contributed by atoms with Gasteiger partial charge in [0.15, 0.2) is 10.3 Å². The molecule has 2 amide bonds. The Morgan fingerprint density at radius 3 is 1.36 bits per heavy atom. The molecule has 0 atom stereocenters. The van der Waals surface area contributed by atoms with Crippen molar-refractivity contribution in [1.29, 1.82) is 0 Å². The second kappa shape index (κ2) is 11.0. The van der Waals surface area contributed by atoms with Gasteiger partial charge in [0.25, 0.3) is 11.8 Å². The molecule has 7 aromatic rings. The van der Waals surface area contributed by atoms with E-state index in [9.17, 15) is 9.59 Å². The highest BCUT2D eigenvalue weighted by atomic mass is 32.1. The van der Waals surface area contributed by atoms with Crippen molar-refractivity contribution in [2.45, 2.75) is 0 Å². The van der Waals surface area contributed by atoms with Crippen LogP contribution < -0.4 is 10.6 Å². The number of aromatic nitrogens is 2. The van der Waals surface area contributed by atoms with Crippen LogP contribution in [-0.4, -0.2) is 21.8 Å². The molecule has 202 valence electrons. The maximum Gasteiger partial charge on any atom is 0.258 e. The summed E-state index contributed by atoms with van der Waals surface area (Å²) in [6, 6.07) is 35.3. The Labute approximate surface area is 249 Å². The molecular formula is C34H22N4O2S2. The van der Waals surface area contributed by atoms with Crippen LogP contribution in [0.25, 0.3) is 44.1 Å². The van der Waals surface area contributed by atoms with Crippen molar-refractivity contribution < 1.29 is 9.59 Å². The van der Waals surface area contributed by atoms with Crippen LogP contribution in [0.3, 0.4) is 0 Å². The largest absolute Gasteiger partial charge is 0.298 e. The lowest BCUT2D eigenvalue weighted by atomic mass is 10.1. The van der Waals surface area contributed by atoms with E-state index in [2.05, 4.69) is 69.1 Å². The molecule has 0 fully saturated rings. The van der Waals surface area contributed by atoms with E-state index in [1.165, 1.54) is 22.7 Å². The highest BCUT2D eigenvalue weighted by Crippen LogP contribution is 2.30. The van der Waals surface area contributed by atoms with Gasteiger partial charge < -0.3 is 0 Å². The molecule has 2 heterocycles. The van der Waals surface area contributed by atoms with Crippen LogP contribution in [-0.2, 0) is 0 Å². The van der Waals surface area contributed by atoms with Gasteiger partial charge in [-0.3, -0.25) is 20.2 Å². The Morgan fingerprint density at radius 2 is 0.905 bits per heavy atom. The Bertz CT molecular complexity index is 1960. The number of fused-ring (bicyclic) bond motifs is 2. The Hall–Kier alpha value is -5.18. The Morgan fingerprint density at radius 1 is 0.500 bits per heavy atom. The fourth-order valence-electron chi connectivity index (χ4n) is 4.83. The number of hydrogen-bond donors (Lipinski definition) is 2. The molecule has 0 spiro atoms. The summed E-state index contributed by atoms with van der Waals surface area (Å²) in [5.74, 6) is -0.813. The van der Waals surface area contributed by atoms with E-state index >= 15 is 0 Å². The number of thiazole rings is 2. The molecule has 0 aliphatic heterocycles. The van der Waals surface area contributed by atoms with E-state index in [1.54, 1.807) is 24.3 Å². The first kappa shape index (κ1) is 25.8. The lowest BCUT2D eigenvalue weighted by Crippen LogP contribution is -2.20. The van der Waals surface area contributed by atoms with E-state index in [4.69, 9.17) is 0 Å². The minimum Gasteiger partial charge on any atom is -0.298 e. The average molecular weight is 583 g/mol. The molecule has 8 heteroatoms. The van der Waals surface area contributed by atoms with Gasteiger partial charge in [0, 0.05) is 21.9 Å². The molecule has 0 unspecified atom stereocenters. The van der Waals surface area contributed by atoms with Crippen molar-refractivity contribution in [3.8, 4) is 22.5 Å². The minimum absolute atomic E-state index is 0.253. The second-order valence-corrected chi connectivity index (χ2v) is 11.4. The lowest BCUT2D eigenvalue weighted by molar-refractivity contribution is 0.0990. The zero-order chi connectivity index (χ0) is 28.5. The summed E-state index contributed by atoms with van der Waals surface area (Å²) >= 11 is 2.68. The molecule has 6 nitrogen and oxygen atoms in total. The van der Waals surface area contributed by atoms with Gasteiger partial charge in [-0.05, 0) is 45.8 Å². The van der Waals surface area contributed by atoms with Gasteiger partial charge in [-0.1, -0.05) is 84.9 Å². The van der Waals surface area contributed by atoms with Crippen molar-refractivity contribution in [2.24, 2.45) is 0 Å². The summed E-state index contributed by atoms with van der Waals surface area (Å²) in [5.41, 5.74) is 4.00.